The van der Waals surface area contributed by atoms with Crippen molar-refractivity contribution in [2.24, 2.45) is 0 Å². The molecule has 1 N–H and O–H groups in total. The van der Waals surface area contributed by atoms with Gasteiger partial charge in [-0.3, -0.25) is 4.79 Å². The molecule has 0 radical (unpaired) electrons. The summed E-state index contributed by atoms with van der Waals surface area (Å²) >= 11 is 0. The Balaban J connectivity index is 1.81. The molecule has 21 heavy (non-hydrogen) atoms. The summed E-state index contributed by atoms with van der Waals surface area (Å²) in [7, 11) is 0. The second kappa shape index (κ2) is 6.10. The van der Waals surface area contributed by atoms with E-state index >= 15 is 0 Å². The molecule has 1 aliphatic heterocycles. The van der Waals surface area contributed by atoms with Gasteiger partial charge < -0.3 is 10.0 Å². The number of carbonyl (C=O) groups is 1. The van der Waals surface area contributed by atoms with Crippen LogP contribution in [0, 0.1) is 0 Å². The van der Waals surface area contributed by atoms with E-state index in [4.69, 9.17) is 0 Å². The molecule has 1 aliphatic rings. The number of aliphatic hydroxyl groups is 1. The van der Waals surface area contributed by atoms with Gasteiger partial charge in [0.2, 0.25) is 5.91 Å². The van der Waals surface area contributed by atoms with Crippen LogP contribution < -0.4 is 0 Å². The normalized spacial score (nSPS) is 19.8. The molecule has 0 spiro atoms. The molecule has 1 fully saturated rings. The standard InChI is InChI=1S/C18H19NO2/c20-13-17(15-9-5-2-6-10-15)19-12-16(11-18(19)21)14-7-3-1-4-8-14/h1-10,16-17,20H,11-13H2/t16-,17+/m0/s1. The Hall–Kier alpha value is -2.13. The Labute approximate surface area is 124 Å². The third kappa shape index (κ3) is 2.83. The van der Waals surface area contributed by atoms with Gasteiger partial charge in [0.25, 0.3) is 0 Å². The van der Waals surface area contributed by atoms with E-state index in [9.17, 15) is 9.90 Å². The lowest BCUT2D eigenvalue weighted by Crippen LogP contribution is -2.32. The first kappa shape index (κ1) is 13.8. The van der Waals surface area contributed by atoms with Gasteiger partial charge in [-0.25, -0.2) is 0 Å². The molecular formula is C18H19NO2. The predicted octanol–water partition coefficient (Wildman–Crippen LogP) is 2.74. The number of amides is 1. The van der Waals surface area contributed by atoms with E-state index in [1.165, 1.54) is 5.56 Å². The highest BCUT2D eigenvalue weighted by Crippen LogP contribution is 2.33. The summed E-state index contributed by atoms with van der Waals surface area (Å²) in [6, 6.07) is 19.6. The van der Waals surface area contributed by atoms with Crippen LogP contribution in [0.2, 0.25) is 0 Å². The van der Waals surface area contributed by atoms with Crippen LogP contribution in [0.3, 0.4) is 0 Å². The van der Waals surface area contributed by atoms with E-state index in [-0.39, 0.29) is 24.5 Å². The number of nitrogens with zero attached hydrogens (tertiary/aromatic N) is 1. The van der Waals surface area contributed by atoms with Crippen LogP contribution in [-0.2, 0) is 4.79 Å². The minimum atomic E-state index is -0.243. The van der Waals surface area contributed by atoms with Crippen molar-refractivity contribution in [3.63, 3.8) is 0 Å². The minimum absolute atomic E-state index is 0.0444. The summed E-state index contributed by atoms with van der Waals surface area (Å²) in [4.78, 5) is 14.2. The number of carbonyl (C=O) groups excluding carboxylic acids is 1. The third-order valence-electron chi connectivity index (χ3n) is 4.16. The quantitative estimate of drug-likeness (QED) is 0.936. The topological polar surface area (TPSA) is 40.5 Å². The van der Waals surface area contributed by atoms with E-state index in [0.29, 0.717) is 13.0 Å². The number of rotatable bonds is 4. The van der Waals surface area contributed by atoms with E-state index in [1.807, 2.05) is 53.4 Å². The van der Waals surface area contributed by atoms with Crippen molar-refractivity contribution in [2.45, 2.75) is 18.4 Å². The average Bonchev–Trinajstić information content (AvgIpc) is 2.92. The van der Waals surface area contributed by atoms with Crippen LogP contribution in [0.1, 0.15) is 29.5 Å². The van der Waals surface area contributed by atoms with Crippen LogP contribution in [-0.4, -0.2) is 29.1 Å². The molecule has 0 aliphatic carbocycles. The SMILES string of the molecule is O=C1C[C@H](c2ccccc2)CN1[C@H](CO)c1ccccc1. The van der Waals surface area contributed by atoms with Crippen molar-refractivity contribution >= 4 is 5.91 Å². The summed E-state index contributed by atoms with van der Waals surface area (Å²) in [5.74, 6) is 0.336. The van der Waals surface area contributed by atoms with Gasteiger partial charge in [0.15, 0.2) is 0 Å². The molecule has 2 aromatic carbocycles. The highest BCUT2D eigenvalue weighted by atomic mass is 16.3. The van der Waals surface area contributed by atoms with Crippen molar-refractivity contribution in [1.82, 2.24) is 4.90 Å². The van der Waals surface area contributed by atoms with Gasteiger partial charge in [0.05, 0.1) is 12.6 Å². The van der Waals surface area contributed by atoms with Crippen molar-refractivity contribution in [1.29, 1.82) is 0 Å². The smallest absolute Gasteiger partial charge is 0.223 e. The second-order valence-corrected chi connectivity index (χ2v) is 5.47. The van der Waals surface area contributed by atoms with Crippen molar-refractivity contribution in [3.05, 3.63) is 71.8 Å². The fourth-order valence-electron chi connectivity index (χ4n) is 3.04. The van der Waals surface area contributed by atoms with Crippen molar-refractivity contribution in [2.75, 3.05) is 13.2 Å². The van der Waals surface area contributed by atoms with E-state index < -0.39 is 0 Å². The van der Waals surface area contributed by atoms with Crippen LogP contribution in [0.15, 0.2) is 60.7 Å². The van der Waals surface area contributed by atoms with Gasteiger partial charge in [-0.2, -0.15) is 0 Å². The summed E-state index contributed by atoms with van der Waals surface area (Å²) in [5.41, 5.74) is 2.18. The lowest BCUT2D eigenvalue weighted by atomic mass is 9.98. The molecular weight excluding hydrogens is 262 g/mol. The number of hydrogen-bond acceptors (Lipinski definition) is 2. The summed E-state index contributed by atoms with van der Waals surface area (Å²) in [5, 5.41) is 9.72. The Morgan fingerprint density at radius 1 is 1.05 bits per heavy atom. The molecule has 108 valence electrons. The fourth-order valence-corrected chi connectivity index (χ4v) is 3.04. The number of benzene rings is 2. The van der Waals surface area contributed by atoms with Gasteiger partial charge in [-0.1, -0.05) is 60.7 Å². The lowest BCUT2D eigenvalue weighted by Gasteiger charge is -2.27. The zero-order valence-corrected chi connectivity index (χ0v) is 11.9. The first-order chi connectivity index (χ1) is 10.3. The maximum absolute atomic E-state index is 12.3. The highest BCUT2D eigenvalue weighted by Gasteiger charge is 2.35. The Kier molecular flexibility index (Phi) is 4.02. The van der Waals surface area contributed by atoms with E-state index in [2.05, 4.69) is 12.1 Å². The molecule has 0 aromatic heterocycles. The molecule has 2 aromatic rings. The van der Waals surface area contributed by atoms with Crippen LogP contribution in [0.5, 0.6) is 0 Å². The van der Waals surface area contributed by atoms with Crippen LogP contribution >= 0.6 is 0 Å². The Bertz CT molecular complexity index is 597. The second-order valence-electron chi connectivity index (χ2n) is 5.47. The molecule has 1 heterocycles. The molecule has 0 saturated carbocycles. The van der Waals surface area contributed by atoms with E-state index in [0.717, 1.165) is 5.56 Å². The Morgan fingerprint density at radius 3 is 2.29 bits per heavy atom. The number of likely N-dealkylation sites (tertiary alicyclic amines) is 1. The van der Waals surface area contributed by atoms with Gasteiger partial charge in [-0.15, -0.1) is 0 Å². The summed E-state index contributed by atoms with van der Waals surface area (Å²) in [6.07, 6.45) is 0.521. The molecule has 1 amide bonds. The van der Waals surface area contributed by atoms with E-state index in [1.54, 1.807) is 0 Å². The van der Waals surface area contributed by atoms with Gasteiger partial charge in [0, 0.05) is 18.9 Å². The predicted molar refractivity (Wildman–Crippen MR) is 81.8 cm³/mol. The van der Waals surface area contributed by atoms with Gasteiger partial charge >= 0.3 is 0 Å². The molecule has 1 saturated heterocycles. The first-order valence-corrected chi connectivity index (χ1v) is 7.30. The van der Waals surface area contributed by atoms with Crippen LogP contribution in [0.4, 0.5) is 0 Å². The Morgan fingerprint density at radius 2 is 1.67 bits per heavy atom. The number of hydrogen-bond donors (Lipinski definition) is 1. The van der Waals surface area contributed by atoms with Crippen LogP contribution in [0.25, 0.3) is 0 Å². The maximum Gasteiger partial charge on any atom is 0.223 e. The van der Waals surface area contributed by atoms with Gasteiger partial charge in [0.1, 0.15) is 0 Å². The summed E-state index contributed by atoms with van der Waals surface area (Å²) < 4.78 is 0. The molecule has 0 unspecified atom stereocenters. The third-order valence-corrected chi connectivity index (χ3v) is 4.16. The highest BCUT2D eigenvalue weighted by molar-refractivity contribution is 5.80. The number of aliphatic hydroxyl groups excluding tert-OH is 1. The lowest BCUT2D eigenvalue weighted by molar-refractivity contribution is -0.130. The molecule has 0 bridgehead atoms. The first-order valence-electron chi connectivity index (χ1n) is 7.30. The van der Waals surface area contributed by atoms with Gasteiger partial charge in [-0.05, 0) is 11.1 Å². The maximum atomic E-state index is 12.3. The minimum Gasteiger partial charge on any atom is -0.394 e. The fraction of sp³-hybridized carbons (Fsp3) is 0.278. The molecule has 2 atom stereocenters. The molecule has 3 rings (SSSR count). The monoisotopic (exact) mass is 281 g/mol. The van der Waals surface area contributed by atoms with Crippen molar-refractivity contribution < 1.29 is 9.90 Å². The largest absolute Gasteiger partial charge is 0.394 e. The molecule has 3 nitrogen and oxygen atoms in total. The zero-order chi connectivity index (χ0) is 14.7. The summed E-state index contributed by atoms with van der Waals surface area (Å²) in [6.45, 7) is 0.625. The zero-order valence-electron chi connectivity index (χ0n) is 11.9. The van der Waals surface area contributed by atoms with Crippen molar-refractivity contribution in [3.8, 4) is 0 Å². The average molecular weight is 281 g/mol. The molecule has 3 heteroatoms.